The van der Waals surface area contributed by atoms with Gasteiger partial charge in [0.2, 0.25) is 0 Å². The SMILES string of the molecule is CCN1CCC(CNC(C)CS(C)(=O)=O)C1. The predicted molar refractivity (Wildman–Crippen MR) is 67.4 cm³/mol. The monoisotopic (exact) mass is 248 g/mol. The van der Waals surface area contributed by atoms with Crippen molar-refractivity contribution in [1.82, 2.24) is 10.2 Å². The molecule has 1 aliphatic heterocycles. The van der Waals surface area contributed by atoms with Crippen molar-refractivity contribution < 1.29 is 8.42 Å². The van der Waals surface area contributed by atoms with Crippen LogP contribution in [0.5, 0.6) is 0 Å². The fourth-order valence-corrected chi connectivity index (χ4v) is 3.27. The van der Waals surface area contributed by atoms with Crippen LogP contribution >= 0.6 is 0 Å². The molecule has 16 heavy (non-hydrogen) atoms. The van der Waals surface area contributed by atoms with Gasteiger partial charge >= 0.3 is 0 Å². The third kappa shape index (κ3) is 5.27. The zero-order chi connectivity index (χ0) is 12.2. The molecule has 0 amide bonds. The Labute approximate surface area is 99.3 Å². The van der Waals surface area contributed by atoms with Crippen molar-refractivity contribution in [1.29, 1.82) is 0 Å². The van der Waals surface area contributed by atoms with Crippen molar-refractivity contribution in [3.63, 3.8) is 0 Å². The summed E-state index contributed by atoms with van der Waals surface area (Å²) in [5.74, 6) is 0.916. The Hall–Kier alpha value is -0.130. The minimum absolute atomic E-state index is 0.0608. The van der Waals surface area contributed by atoms with Gasteiger partial charge in [0.1, 0.15) is 9.84 Å². The number of hydrogen-bond acceptors (Lipinski definition) is 4. The van der Waals surface area contributed by atoms with Gasteiger partial charge in [-0.2, -0.15) is 0 Å². The predicted octanol–water partition coefficient (Wildman–Crippen LogP) is 0.351. The summed E-state index contributed by atoms with van der Waals surface area (Å²) < 4.78 is 22.2. The Bertz CT molecular complexity index is 303. The first kappa shape index (κ1) is 13.9. The molecule has 96 valence electrons. The summed E-state index contributed by atoms with van der Waals surface area (Å²) in [4.78, 5) is 2.44. The fraction of sp³-hybridized carbons (Fsp3) is 1.00. The van der Waals surface area contributed by atoms with Crippen molar-refractivity contribution in [3.8, 4) is 0 Å². The number of rotatable bonds is 6. The van der Waals surface area contributed by atoms with Crippen LogP contribution in [0.15, 0.2) is 0 Å². The Kier molecular flexibility index (Phi) is 5.21. The molecule has 1 saturated heterocycles. The summed E-state index contributed by atoms with van der Waals surface area (Å²) in [7, 11) is -2.86. The molecule has 0 saturated carbocycles. The zero-order valence-electron chi connectivity index (χ0n) is 10.6. The second-order valence-corrected chi connectivity index (χ2v) is 7.13. The average molecular weight is 248 g/mol. The van der Waals surface area contributed by atoms with Crippen LogP contribution in [0.4, 0.5) is 0 Å². The molecule has 0 aliphatic carbocycles. The Morgan fingerprint density at radius 1 is 1.50 bits per heavy atom. The number of sulfone groups is 1. The largest absolute Gasteiger partial charge is 0.313 e. The minimum atomic E-state index is -2.86. The molecule has 0 radical (unpaired) electrons. The molecule has 2 atom stereocenters. The van der Waals surface area contributed by atoms with Crippen molar-refractivity contribution in [2.45, 2.75) is 26.3 Å². The summed E-state index contributed by atoms with van der Waals surface area (Å²) in [6.45, 7) is 8.51. The van der Waals surface area contributed by atoms with Crippen LogP contribution < -0.4 is 5.32 Å². The average Bonchev–Trinajstić information content (AvgIpc) is 2.59. The van der Waals surface area contributed by atoms with E-state index >= 15 is 0 Å². The maximum atomic E-state index is 11.1. The summed E-state index contributed by atoms with van der Waals surface area (Å²) in [6.07, 6.45) is 2.52. The van der Waals surface area contributed by atoms with Crippen molar-refractivity contribution in [2.75, 3.05) is 38.2 Å². The van der Waals surface area contributed by atoms with Crippen LogP contribution in [-0.4, -0.2) is 57.5 Å². The first-order valence-electron chi connectivity index (χ1n) is 6.04. The highest BCUT2D eigenvalue weighted by Gasteiger charge is 2.21. The Morgan fingerprint density at radius 2 is 2.19 bits per heavy atom. The van der Waals surface area contributed by atoms with E-state index in [0.29, 0.717) is 5.92 Å². The molecule has 1 fully saturated rings. The van der Waals surface area contributed by atoms with Gasteiger partial charge in [-0.25, -0.2) is 8.42 Å². The van der Waals surface area contributed by atoms with E-state index in [0.717, 1.165) is 19.6 Å². The van der Waals surface area contributed by atoms with Crippen molar-refractivity contribution >= 4 is 9.84 Å². The highest BCUT2D eigenvalue weighted by Crippen LogP contribution is 2.14. The molecule has 5 heteroatoms. The Morgan fingerprint density at radius 3 is 2.69 bits per heavy atom. The van der Waals surface area contributed by atoms with Gasteiger partial charge in [-0.05, 0) is 38.9 Å². The van der Waals surface area contributed by atoms with Crippen LogP contribution in [0.3, 0.4) is 0 Å². The molecule has 4 nitrogen and oxygen atoms in total. The highest BCUT2D eigenvalue weighted by atomic mass is 32.2. The summed E-state index contributed by atoms with van der Waals surface area (Å²) in [6, 6.07) is 0.0608. The van der Waals surface area contributed by atoms with Gasteiger partial charge in [-0.1, -0.05) is 6.92 Å². The van der Waals surface area contributed by atoms with Gasteiger partial charge in [-0.15, -0.1) is 0 Å². The molecule has 0 spiro atoms. The van der Waals surface area contributed by atoms with Crippen LogP contribution in [-0.2, 0) is 9.84 Å². The molecule has 0 aromatic carbocycles. The maximum absolute atomic E-state index is 11.1. The lowest BCUT2D eigenvalue weighted by atomic mass is 10.1. The fourth-order valence-electron chi connectivity index (χ4n) is 2.25. The first-order valence-corrected chi connectivity index (χ1v) is 8.10. The molecule has 1 N–H and O–H groups in total. The molecule has 1 aliphatic rings. The lowest BCUT2D eigenvalue weighted by molar-refractivity contribution is 0.337. The van der Waals surface area contributed by atoms with E-state index in [1.165, 1.54) is 19.2 Å². The lowest BCUT2D eigenvalue weighted by Gasteiger charge is -2.17. The van der Waals surface area contributed by atoms with Crippen LogP contribution in [0.25, 0.3) is 0 Å². The quantitative estimate of drug-likeness (QED) is 0.737. The van der Waals surface area contributed by atoms with Crippen molar-refractivity contribution in [2.24, 2.45) is 5.92 Å². The van der Waals surface area contributed by atoms with E-state index in [1.807, 2.05) is 6.92 Å². The first-order chi connectivity index (χ1) is 7.40. The van der Waals surface area contributed by atoms with Gasteiger partial charge in [0, 0.05) is 18.8 Å². The lowest BCUT2D eigenvalue weighted by Crippen LogP contribution is -2.36. The van der Waals surface area contributed by atoms with Crippen LogP contribution in [0.1, 0.15) is 20.3 Å². The Balaban J connectivity index is 2.20. The van der Waals surface area contributed by atoms with E-state index in [1.54, 1.807) is 0 Å². The summed E-state index contributed by atoms with van der Waals surface area (Å²) in [5.41, 5.74) is 0. The maximum Gasteiger partial charge on any atom is 0.148 e. The number of nitrogens with zero attached hydrogens (tertiary/aromatic N) is 1. The van der Waals surface area contributed by atoms with Crippen LogP contribution in [0, 0.1) is 5.92 Å². The summed E-state index contributed by atoms with van der Waals surface area (Å²) in [5, 5.41) is 3.32. The van der Waals surface area contributed by atoms with E-state index in [-0.39, 0.29) is 11.8 Å². The third-order valence-electron chi connectivity index (χ3n) is 3.12. The highest BCUT2D eigenvalue weighted by molar-refractivity contribution is 7.90. The van der Waals surface area contributed by atoms with E-state index < -0.39 is 9.84 Å². The standard InChI is InChI=1S/C11H24N2O2S/c1-4-13-6-5-11(8-13)7-12-10(2)9-16(3,14)15/h10-12H,4-9H2,1-3H3. The van der Waals surface area contributed by atoms with E-state index in [4.69, 9.17) is 0 Å². The number of hydrogen-bond donors (Lipinski definition) is 1. The van der Waals surface area contributed by atoms with Gasteiger partial charge in [0.05, 0.1) is 5.75 Å². The smallest absolute Gasteiger partial charge is 0.148 e. The van der Waals surface area contributed by atoms with E-state index in [9.17, 15) is 8.42 Å². The molecule has 2 unspecified atom stereocenters. The van der Waals surface area contributed by atoms with Gasteiger partial charge in [-0.3, -0.25) is 0 Å². The van der Waals surface area contributed by atoms with E-state index in [2.05, 4.69) is 17.1 Å². The molecule has 1 rings (SSSR count). The minimum Gasteiger partial charge on any atom is -0.313 e. The summed E-state index contributed by atoms with van der Waals surface area (Å²) >= 11 is 0. The van der Waals surface area contributed by atoms with Gasteiger partial charge < -0.3 is 10.2 Å². The number of nitrogens with one attached hydrogen (secondary N) is 1. The molecular formula is C11H24N2O2S. The molecular weight excluding hydrogens is 224 g/mol. The molecule has 0 aromatic heterocycles. The normalized spacial score (nSPS) is 24.8. The molecule has 0 aromatic rings. The number of likely N-dealkylation sites (tertiary alicyclic amines) is 1. The van der Waals surface area contributed by atoms with Gasteiger partial charge in [0.25, 0.3) is 0 Å². The molecule has 0 bridgehead atoms. The third-order valence-corrected chi connectivity index (χ3v) is 4.23. The molecule has 1 heterocycles. The topological polar surface area (TPSA) is 49.4 Å². The van der Waals surface area contributed by atoms with Crippen LogP contribution in [0.2, 0.25) is 0 Å². The zero-order valence-corrected chi connectivity index (χ0v) is 11.4. The van der Waals surface area contributed by atoms with Crippen molar-refractivity contribution in [3.05, 3.63) is 0 Å². The second-order valence-electron chi connectivity index (χ2n) is 4.95. The van der Waals surface area contributed by atoms with Gasteiger partial charge in [0.15, 0.2) is 0 Å². The second kappa shape index (κ2) is 5.98.